The van der Waals surface area contributed by atoms with Crippen LogP contribution in [0.15, 0.2) is 34.3 Å². The summed E-state index contributed by atoms with van der Waals surface area (Å²) in [5.41, 5.74) is 4.82. The highest BCUT2D eigenvalue weighted by molar-refractivity contribution is 7.13. The van der Waals surface area contributed by atoms with E-state index in [2.05, 4.69) is 15.5 Å². The number of aromatic nitrogens is 2. The van der Waals surface area contributed by atoms with Crippen molar-refractivity contribution in [3.8, 4) is 16.2 Å². The molecule has 2 aromatic heterocycles. The Hall–Kier alpha value is -3.24. The standard InChI is InChI=1S/C30H40N4O5S/c1-16(2)26(25-11-17(3)33-39-25)29(37)34-14-21(35)13-23(34)28(36)32-18(4)22-10-9-20(27-19(5)31-15-40-27)12-24(22)38-30(6,7)8/h9-12,15-16,18,21,23,26,35H,13-14H2,1-8H3,(H,32,36)/t18-,21+,23-,26+/m0/s1. The minimum absolute atomic E-state index is 0.0852. The highest BCUT2D eigenvalue weighted by Gasteiger charge is 2.43. The normalized spacial score (nSPS) is 19.1. The molecule has 1 aliphatic heterocycles. The van der Waals surface area contributed by atoms with E-state index in [1.54, 1.807) is 24.3 Å². The number of thiazole rings is 1. The van der Waals surface area contributed by atoms with Crippen LogP contribution in [-0.2, 0) is 9.59 Å². The zero-order valence-electron chi connectivity index (χ0n) is 24.5. The predicted molar refractivity (Wildman–Crippen MR) is 154 cm³/mol. The molecule has 1 saturated heterocycles. The summed E-state index contributed by atoms with van der Waals surface area (Å²) in [5, 5.41) is 17.5. The van der Waals surface area contributed by atoms with Crippen LogP contribution in [0, 0.1) is 19.8 Å². The molecular weight excluding hydrogens is 528 g/mol. The Bertz CT molecular complexity index is 1360. The molecule has 1 aromatic carbocycles. The molecule has 2 amide bonds. The van der Waals surface area contributed by atoms with Gasteiger partial charge >= 0.3 is 0 Å². The summed E-state index contributed by atoms with van der Waals surface area (Å²) in [5.74, 6) is -0.127. The molecule has 1 fully saturated rings. The number of ether oxygens (including phenoxy) is 1. The Labute approximate surface area is 239 Å². The van der Waals surface area contributed by atoms with E-state index in [1.165, 1.54) is 4.90 Å². The van der Waals surface area contributed by atoms with Crippen LogP contribution in [0.1, 0.15) is 82.6 Å². The number of hydrogen-bond acceptors (Lipinski definition) is 8. The second kappa shape index (κ2) is 11.7. The number of hydrogen-bond donors (Lipinski definition) is 2. The van der Waals surface area contributed by atoms with Gasteiger partial charge in [0.15, 0.2) is 0 Å². The number of likely N-dealkylation sites (tertiary alicyclic amines) is 1. The van der Waals surface area contributed by atoms with Crippen LogP contribution in [0.4, 0.5) is 0 Å². The largest absolute Gasteiger partial charge is 0.488 e. The van der Waals surface area contributed by atoms with Crippen molar-refractivity contribution in [2.75, 3.05) is 6.54 Å². The van der Waals surface area contributed by atoms with E-state index in [0.717, 1.165) is 21.7 Å². The average molecular weight is 569 g/mol. The Morgan fingerprint density at radius 3 is 2.50 bits per heavy atom. The van der Waals surface area contributed by atoms with Gasteiger partial charge in [0.1, 0.15) is 29.1 Å². The highest BCUT2D eigenvalue weighted by atomic mass is 32.1. The molecule has 0 bridgehead atoms. The van der Waals surface area contributed by atoms with Gasteiger partial charge in [-0.3, -0.25) is 9.59 Å². The summed E-state index contributed by atoms with van der Waals surface area (Å²) in [7, 11) is 0. The van der Waals surface area contributed by atoms with Crippen molar-refractivity contribution in [2.24, 2.45) is 5.92 Å². The molecule has 0 radical (unpaired) electrons. The molecule has 0 spiro atoms. The minimum atomic E-state index is -0.804. The smallest absolute Gasteiger partial charge is 0.243 e. The molecule has 0 saturated carbocycles. The topological polar surface area (TPSA) is 118 Å². The third-order valence-electron chi connectivity index (χ3n) is 7.01. The molecule has 0 aliphatic carbocycles. The van der Waals surface area contributed by atoms with E-state index in [9.17, 15) is 14.7 Å². The molecule has 40 heavy (non-hydrogen) atoms. The summed E-state index contributed by atoms with van der Waals surface area (Å²) in [6, 6.07) is 6.51. The summed E-state index contributed by atoms with van der Waals surface area (Å²) >= 11 is 1.57. The number of aliphatic hydroxyl groups is 1. The molecule has 1 aliphatic rings. The van der Waals surface area contributed by atoms with Crippen LogP contribution in [0.2, 0.25) is 0 Å². The highest BCUT2D eigenvalue weighted by Crippen LogP contribution is 2.36. The van der Waals surface area contributed by atoms with Gasteiger partial charge in [-0.25, -0.2) is 4.98 Å². The van der Waals surface area contributed by atoms with Gasteiger partial charge in [-0.2, -0.15) is 0 Å². The lowest BCUT2D eigenvalue weighted by Crippen LogP contribution is -2.48. The first-order valence-electron chi connectivity index (χ1n) is 13.7. The van der Waals surface area contributed by atoms with Crippen molar-refractivity contribution in [3.63, 3.8) is 0 Å². The first-order chi connectivity index (χ1) is 18.7. The monoisotopic (exact) mass is 568 g/mol. The number of β-amino-alcohol motifs (C(OH)–C–C–N with tert-alkyl or cyclic N) is 1. The van der Waals surface area contributed by atoms with Crippen LogP contribution < -0.4 is 10.1 Å². The summed E-state index contributed by atoms with van der Waals surface area (Å²) in [4.78, 5) is 34.3. The van der Waals surface area contributed by atoms with Crippen LogP contribution in [0.25, 0.3) is 10.4 Å². The Morgan fingerprint density at radius 2 is 1.93 bits per heavy atom. The molecule has 3 heterocycles. The summed E-state index contributed by atoms with van der Waals surface area (Å²) in [6.45, 7) is 15.6. The number of carbonyl (C=O) groups excluding carboxylic acids is 2. The number of benzene rings is 1. The van der Waals surface area contributed by atoms with E-state index in [1.807, 2.05) is 72.2 Å². The second-order valence-electron chi connectivity index (χ2n) is 12.0. The Balaban J connectivity index is 1.58. The number of aryl methyl sites for hydroxylation is 2. The lowest BCUT2D eigenvalue weighted by molar-refractivity contribution is -0.141. The van der Waals surface area contributed by atoms with Crippen molar-refractivity contribution >= 4 is 23.2 Å². The van der Waals surface area contributed by atoms with E-state index in [0.29, 0.717) is 17.2 Å². The van der Waals surface area contributed by atoms with Gasteiger partial charge < -0.3 is 24.6 Å². The first kappa shape index (κ1) is 29.7. The number of aliphatic hydroxyl groups excluding tert-OH is 1. The predicted octanol–water partition coefficient (Wildman–Crippen LogP) is 5.17. The van der Waals surface area contributed by atoms with Crippen LogP contribution in [-0.4, -0.2) is 56.3 Å². The Kier molecular flexibility index (Phi) is 8.70. The van der Waals surface area contributed by atoms with Crippen molar-refractivity contribution in [2.45, 2.75) is 91.5 Å². The first-order valence-corrected chi connectivity index (χ1v) is 14.6. The number of carbonyl (C=O) groups is 2. The molecule has 9 nitrogen and oxygen atoms in total. The molecule has 4 atom stereocenters. The number of nitrogens with one attached hydrogen (secondary N) is 1. The minimum Gasteiger partial charge on any atom is -0.488 e. The second-order valence-corrected chi connectivity index (χ2v) is 12.8. The summed E-state index contributed by atoms with van der Waals surface area (Å²) < 4.78 is 11.8. The molecule has 2 N–H and O–H groups in total. The Morgan fingerprint density at radius 1 is 1.20 bits per heavy atom. The van der Waals surface area contributed by atoms with Gasteiger partial charge in [0.2, 0.25) is 11.8 Å². The molecule has 216 valence electrons. The molecule has 0 unspecified atom stereocenters. The quantitative estimate of drug-likeness (QED) is 0.385. The van der Waals surface area contributed by atoms with Crippen molar-refractivity contribution in [3.05, 3.63) is 52.5 Å². The van der Waals surface area contributed by atoms with Gasteiger partial charge in [0.25, 0.3) is 0 Å². The third kappa shape index (κ3) is 6.55. The van der Waals surface area contributed by atoms with Crippen LogP contribution in [0.3, 0.4) is 0 Å². The SMILES string of the molecule is Cc1cc([C@H](C(=O)N2C[C@H](O)C[C@H]2C(=O)N[C@@H](C)c2ccc(-c3scnc3C)cc2OC(C)(C)C)C(C)C)on1. The fraction of sp³-hybridized carbons (Fsp3) is 0.533. The van der Waals surface area contributed by atoms with Crippen molar-refractivity contribution < 1.29 is 24.0 Å². The summed E-state index contributed by atoms with van der Waals surface area (Å²) in [6.07, 6.45) is -0.625. The van der Waals surface area contributed by atoms with Gasteiger partial charge in [-0.1, -0.05) is 31.1 Å². The fourth-order valence-corrected chi connectivity index (χ4v) is 5.97. The number of nitrogens with zero attached hydrogens (tertiary/aromatic N) is 3. The maximum absolute atomic E-state index is 13.7. The average Bonchev–Trinajstić information content (AvgIpc) is 3.57. The van der Waals surface area contributed by atoms with E-state index in [-0.39, 0.29) is 30.7 Å². The number of rotatable bonds is 8. The van der Waals surface area contributed by atoms with Gasteiger partial charge in [0, 0.05) is 24.6 Å². The lowest BCUT2D eigenvalue weighted by atomic mass is 9.91. The molecule has 3 aromatic rings. The van der Waals surface area contributed by atoms with E-state index < -0.39 is 29.7 Å². The fourth-order valence-electron chi connectivity index (χ4n) is 5.17. The molecular formula is C30H40N4O5S. The third-order valence-corrected chi connectivity index (χ3v) is 7.99. The zero-order valence-corrected chi connectivity index (χ0v) is 25.3. The molecule has 4 rings (SSSR count). The van der Waals surface area contributed by atoms with Crippen molar-refractivity contribution in [1.82, 2.24) is 20.4 Å². The lowest BCUT2D eigenvalue weighted by Gasteiger charge is -2.30. The zero-order chi connectivity index (χ0) is 29.4. The number of amides is 2. The molecule has 10 heteroatoms. The maximum atomic E-state index is 13.7. The van der Waals surface area contributed by atoms with Gasteiger partial charge in [-0.15, -0.1) is 11.3 Å². The van der Waals surface area contributed by atoms with Crippen LogP contribution >= 0.6 is 11.3 Å². The van der Waals surface area contributed by atoms with Gasteiger partial charge in [0.05, 0.1) is 33.9 Å². The van der Waals surface area contributed by atoms with E-state index in [4.69, 9.17) is 9.26 Å². The van der Waals surface area contributed by atoms with E-state index >= 15 is 0 Å². The van der Waals surface area contributed by atoms with Crippen molar-refractivity contribution in [1.29, 1.82) is 0 Å². The maximum Gasteiger partial charge on any atom is 0.243 e. The van der Waals surface area contributed by atoms with Gasteiger partial charge in [-0.05, 0) is 59.1 Å². The van der Waals surface area contributed by atoms with Crippen LogP contribution in [0.5, 0.6) is 5.75 Å².